The smallest absolute Gasteiger partial charge is 0.270 e. The molecule has 0 heterocycles. The minimum atomic E-state index is -1.11. The molecule has 2 unspecified atom stereocenters. The van der Waals surface area contributed by atoms with E-state index in [-0.39, 0.29) is 5.69 Å². The molecule has 0 aromatic heterocycles. The number of alkyl halides is 1. The van der Waals surface area contributed by atoms with E-state index in [1.54, 1.807) is 13.0 Å². The number of nitro groups is 1. The first-order valence-electron chi connectivity index (χ1n) is 5.13. The molecule has 0 bridgehead atoms. The van der Waals surface area contributed by atoms with Gasteiger partial charge in [-0.15, -0.1) is 0 Å². The van der Waals surface area contributed by atoms with E-state index in [0.717, 1.165) is 0 Å². The van der Waals surface area contributed by atoms with Gasteiger partial charge in [-0.1, -0.05) is 22.0 Å². The predicted octanol–water partition coefficient (Wildman–Crippen LogP) is 2.08. The third kappa shape index (κ3) is 3.76. The molecule has 6 heteroatoms. The lowest BCUT2D eigenvalue weighted by Gasteiger charge is -2.17. The van der Waals surface area contributed by atoms with Gasteiger partial charge < -0.3 is 10.2 Å². The van der Waals surface area contributed by atoms with E-state index in [1.165, 1.54) is 12.1 Å². The average molecular weight is 304 g/mol. The van der Waals surface area contributed by atoms with Crippen LogP contribution in [-0.2, 0) is 0 Å². The van der Waals surface area contributed by atoms with E-state index < -0.39 is 17.1 Å². The Labute approximate surface area is 107 Å². The van der Waals surface area contributed by atoms with Gasteiger partial charge in [0, 0.05) is 17.5 Å². The van der Waals surface area contributed by atoms with E-state index in [4.69, 9.17) is 0 Å². The van der Waals surface area contributed by atoms with E-state index in [0.29, 0.717) is 22.9 Å². The van der Waals surface area contributed by atoms with Gasteiger partial charge in [0.1, 0.15) is 6.10 Å². The zero-order valence-electron chi connectivity index (χ0n) is 9.34. The molecule has 0 spiro atoms. The summed E-state index contributed by atoms with van der Waals surface area (Å²) in [6.07, 6.45) is -1.66. The first kappa shape index (κ1) is 14.1. The summed E-state index contributed by atoms with van der Waals surface area (Å²) in [5.41, 5.74) is 0.967. The van der Waals surface area contributed by atoms with Crippen LogP contribution in [0.2, 0.25) is 0 Å². The van der Waals surface area contributed by atoms with E-state index >= 15 is 0 Å². The minimum absolute atomic E-state index is 0.0786. The van der Waals surface area contributed by atoms with Crippen molar-refractivity contribution in [3.8, 4) is 0 Å². The molecular formula is C11H14BrNO4. The van der Waals surface area contributed by atoms with Gasteiger partial charge in [-0.3, -0.25) is 10.1 Å². The lowest BCUT2D eigenvalue weighted by Crippen LogP contribution is -2.18. The quantitative estimate of drug-likeness (QED) is 0.495. The lowest BCUT2D eigenvalue weighted by atomic mass is 10.0. The van der Waals surface area contributed by atoms with E-state index in [1.807, 2.05) is 0 Å². The first-order chi connectivity index (χ1) is 7.95. The Morgan fingerprint density at radius 3 is 2.59 bits per heavy atom. The predicted molar refractivity (Wildman–Crippen MR) is 67.2 cm³/mol. The van der Waals surface area contributed by atoms with Gasteiger partial charge in [-0.2, -0.15) is 0 Å². The summed E-state index contributed by atoms with van der Waals surface area (Å²) >= 11 is 3.16. The van der Waals surface area contributed by atoms with Crippen LogP contribution in [0.25, 0.3) is 0 Å². The van der Waals surface area contributed by atoms with Crippen molar-refractivity contribution in [3.05, 3.63) is 39.4 Å². The van der Waals surface area contributed by atoms with Gasteiger partial charge in [0.05, 0.1) is 11.0 Å². The van der Waals surface area contributed by atoms with Crippen LogP contribution in [0.4, 0.5) is 5.69 Å². The number of aliphatic hydroxyl groups is 2. The molecule has 0 aliphatic heterocycles. The van der Waals surface area contributed by atoms with Gasteiger partial charge in [0.25, 0.3) is 5.69 Å². The van der Waals surface area contributed by atoms with Crippen LogP contribution in [0.3, 0.4) is 0 Å². The normalized spacial score (nSPS) is 14.4. The molecule has 0 fully saturated rings. The topological polar surface area (TPSA) is 83.6 Å². The summed E-state index contributed by atoms with van der Waals surface area (Å²) in [6.45, 7) is 1.71. The van der Waals surface area contributed by atoms with Crippen LogP contribution < -0.4 is 0 Å². The number of halogens is 1. The molecule has 2 atom stereocenters. The van der Waals surface area contributed by atoms with Gasteiger partial charge >= 0.3 is 0 Å². The molecule has 0 radical (unpaired) electrons. The third-order valence-electron chi connectivity index (χ3n) is 2.41. The molecule has 2 N–H and O–H groups in total. The standard InChI is InChI=1S/C11H14BrNO4/c1-7-4-8(6-9(5-7)13(16)17)11(15)10(14)2-3-12/h4-6,10-11,14-15H,2-3H2,1H3. The maximum absolute atomic E-state index is 10.7. The number of nitro benzene ring substituents is 1. The molecule has 1 rings (SSSR count). The number of non-ortho nitro benzene ring substituents is 1. The zero-order chi connectivity index (χ0) is 13.0. The molecule has 5 nitrogen and oxygen atoms in total. The van der Waals surface area contributed by atoms with E-state index in [2.05, 4.69) is 15.9 Å². The summed E-state index contributed by atoms with van der Waals surface area (Å²) in [4.78, 5) is 10.2. The maximum atomic E-state index is 10.7. The van der Waals surface area contributed by atoms with Crippen molar-refractivity contribution < 1.29 is 15.1 Å². The number of rotatable bonds is 5. The van der Waals surface area contributed by atoms with Crippen molar-refractivity contribution in [2.75, 3.05) is 5.33 Å². The van der Waals surface area contributed by atoms with Gasteiger partial charge in [-0.05, 0) is 24.5 Å². The Balaban J connectivity index is 3.01. The van der Waals surface area contributed by atoms with Crippen LogP contribution in [0.15, 0.2) is 18.2 Å². The summed E-state index contributed by atoms with van der Waals surface area (Å²) in [5.74, 6) is 0. The van der Waals surface area contributed by atoms with Gasteiger partial charge in [-0.25, -0.2) is 0 Å². The molecule has 0 aliphatic rings. The summed E-state index contributed by atoms with van der Waals surface area (Å²) in [5, 5.41) is 30.7. The number of aliphatic hydroxyl groups excluding tert-OH is 2. The zero-order valence-corrected chi connectivity index (χ0v) is 10.9. The number of aryl methyl sites for hydroxylation is 1. The van der Waals surface area contributed by atoms with Crippen molar-refractivity contribution in [2.45, 2.75) is 25.6 Å². The fourth-order valence-corrected chi connectivity index (χ4v) is 2.03. The molecule has 17 heavy (non-hydrogen) atoms. The van der Waals surface area contributed by atoms with Crippen LogP contribution >= 0.6 is 15.9 Å². The van der Waals surface area contributed by atoms with Gasteiger partial charge in [0.2, 0.25) is 0 Å². The van der Waals surface area contributed by atoms with Crippen molar-refractivity contribution in [3.63, 3.8) is 0 Å². The second-order valence-corrected chi connectivity index (χ2v) is 4.64. The molecule has 0 saturated heterocycles. The number of hydrogen-bond donors (Lipinski definition) is 2. The first-order valence-corrected chi connectivity index (χ1v) is 6.26. The molecule has 1 aromatic rings. The average Bonchev–Trinajstić information content (AvgIpc) is 2.27. The summed E-state index contributed by atoms with van der Waals surface area (Å²) in [7, 11) is 0. The molecule has 0 saturated carbocycles. The fourth-order valence-electron chi connectivity index (χ4n) is 1.56. The van der Waals surface area contributed by atoms with Crippen LogP contribution in [0.1, 0.15) is 23.7 Å². The molecular weight excluding hydrogens is 290 g/mol. The maximum Gasteiger partial charge on any atom is 0.270 e. The number of hydrogen-bond acceptors (Lipinski definition) is 4. The minimum Gasteiger partial charge on any atom is -0.390 e. The van der Waals surface area contributed by atoms with Crippen molar-refractivity contribution in [1.29, 1.82) is 0 Å². The summed E-state index contributed by atoms with van der Waals surface area (Å²) in [6, 6.07) is 4.34. The monoisotopic (exact) mass is 303 g/mol. The Kier molecular flexibility index (Phi) is 5.04. The van der Waals surface area contributed by atoms with Crippen LogP contribution in [0, 0.1) is 17.0 Å². The molecule has 0 aliphatic carbocycles. The highest BCUT2D eigenvalue weighted by Gasteiger charge is 2.20. The fraction of sp³-hybridized carbons (Fsp3) is 0.455. The highest BCUT2D eigenvalue weighted by atomic mass is 79.9. The number of benzene rings is 1. The summed E-state index contributed by atoms with van der Waals surface area (Å²) < 4.78 is 0. The third-order valence-corrected chi connectivity index (χ3v) is 2.86. The highest BCUT2D eigenvalue weighted by Crippen LogP contribution is 2.25. The van der Waals surface area contributed by atoms with E-state index in [9.17, 15) is 20.3 Å². The van der Waals surface area contributed by atoms with Crippen LogP contribution in [0.5, 0.6) is 0 Å². The Bertz CT molecular complexity index is 410. The molecule has 0 amide bonds. The van der Waals surface area contributed by atoms with Crippen molar-refractivity contribution in [2.24, 2.45) is 0 Å². The molecule has 1 aromatic carbocycles. The van der Waals surface area contributed by atoms with Crippen LogP contribution in [-0.4, -0.2) is 26.6 Å². The van der Waals surface area contributed by atoms with Gasteiger partial charge in [0.15, 0.2) is 0 Å². The second kappa shape index (κ2) is 6.09. The Morgan fingerprint density at radius 1 is 1.41 bits per heavy atom. The Morgan fingerprint density at radius 2 is 2.06 bits per heavy atom. The number of nitrogens with zero attached hydrogens (tertiary/aromatic N) is 1. The molecule has 94 valence electrons. The second-order valence-electron chi connectivity index (χ2n) is 3.85. The SMILES string of the molecule is Cc1cc(C(O)C(O)CCBr)cc([N+](=O)[O-])c1. The highest BCUT2D eigenvalue weighted by molar-refractivity contribution is 9.09. The van der Waals surface area contributed by atoms with Crippen molar-refractivity contribution in [1.82, 2.24) is 0 Å². The van der Waals surface area contributed by atoms with Crippen molar-refractivity contribution >= 4 is 21.6 Å². The largest absolute Gasteiger partial charge is 0.390 e. The Hall–Kier alpha value is -0.980. The lowest BCUT2D eigenvalue weighted by molar-refractivity contribution is -0.385.